The van der Waals surface area contributed by atoms with Gasteiger partial charge in [0.05, 0.1) is 16.3 Å². The van der Waals surface area contributed by atoms with Gasteiger partial charge in [-0.25, -0.2) is 4.39 Å². The summed E-state index contributed by atoms with van der Waals surface area (Å²) < 4.78 is 19.3. The van der Waals surface area contributed by atoms with Crippen LogP contribution in [-0.4, -0.2) is 5.78 Å². The highest BCUT2D eigenvalue weighted by atomic mass is 35.5. The summed E-state index contributed by atoms with van der Waals surface area (Å²) in [5.74, 6) is -1.08. The van der Waals surface area contributed by atoms with Crippen molar-refractivity contribution in [1.82, 2.24) is 0 Å². The van der Waals surface area contributed by atoms with E-state index in [0.29, 0.717) is 27.1 Å². The highest BCUT2D eigenvalue weighted by Gasteiger charge is 2.22. The quantitative estimate of drug-likeness (QED) is 0.395. The van der Waals surface area contributed by atoms with Crippen LogP contribution in [0.3, 0.4) is 0 Å². The number of halogens is 3. The van der Waals surface area contributed by atoms with Gasteiger partial charge in [0.2, 0.25) is 5.78 Å². The number of carbonyl (C=O) groups excluding carboxylic acids is 1. The molecule has 0 radical (unpaired) electrons. The van der Waals surface area contributed by atoms with E-state index in [1.165, 1.54) is 24.3 Å². The summed E-state index contributed by atoms with van der Waals surface area (Å²) in [4.78, 5) is 12.9. The van der Waals surface area contributed by atoms with Gasteiger partial charge in [-0.15, -0.1) is 0 Å². The minimum absolute atomic E-state index is 0.0295. The zero-order chi connectivity index (χ0) is 20.7. The summed E-state index contributed by atoms with van der Waals surface area (Å²) in [6.45, 7) is 0. The first-order valence-electron chi connectivity index (χ1n) is 8.41. The molecule has 4 nitrogen and oxygen atoms in total. The number of carbonyl (C=O) groups is 1. The molecule has 0 aliphatic heterocycles. The van der Waals surface area contributed by atoms with Crippen molar-refractivity contribution in [3.05, 3.63) is 87.3 Å². The van der Waals surface area contributed by atoms with E-state index in [1.807, 2.05) is 6.07 Å². The van der Waals surface area contributed by atoms with Gasteiger partial charge in [-0.05, 0) is 53.6 Å². The van der Waals surface area contributed by atoms with Crippen LogP contribution in [-0.2, 0) is 0 Å². The molecule has 0 saturated carbocycles. The second-order valence-electron chi connectivity index (χ2n) is 6.32. The van der Waals surface area contributed by atoms with Gasteiger partial charge < -0.3 is 10.2 Å². The van der Waals surface area contributed by atoms with Crippen molar-refractivity contribution in [2.75, 3.05) is 5.73 Å². The Balaban J connectivity index is 1.80. The highest BCUT2D eigenvalue weighted by Crippen LogP contribution is 2.35. The molecule has 29 heavy (non-hydrogen) atoms. The average molecular weight is 425 g/mol. The Morgan fingerprint density at radius 2 is 1.76 bits per heavy atom. The number of hydrogen-bond donors (Lipinski definition) is 1. The van der Waals surface area contributed by atoms with E-state index in [1.54, 1.807) is 30.3 Å². The lowest BCUT2D eigenvalue weighted by atomic mass is 10.0. The van der Waals surface area contributed by atoms with Crippen LogP contribution in [0.5, 0.6) is 0 Å². The average Bonchev–Trinajstić information content (AvgIpc) is 3.04. The zero-order valence-electron chi connectivity index (χ0n) is 14.7. The Hall–Kier alpha value is -3.33. The van der Waals surface area contributed by atoms with Gasteiger partial charge in [-0.2, -0.15) is 5.26 Å². The summed E-state index contributed by atoms with van der Waals surface area (Å²) in [7, 11) is 0. The molecule has 0 aliphatic carbocycles. The third-order valence-corrected chi connectivity index (χ3v) is 5.08. The third kappa shape index (κ3) is 3.33. The summed E-state index contributed by atoms with van der Waals surface area (Å²) in [6.07, 6.45) is 0. The number of ketones is 1. The molecule has 1 aromatic heterocycles. The monoisotopic (exact) mass is 424 g/mol. The molecule has 3 aromatic carbocycles. The molecular formula is C22H11Cl2FN2O2. The van der Waals surface area contributed by atoms with E-state index >= 15 is 0 Å². The lowest BCUT2D eigenvalue weighted by Crippen LogP contribution is -2.03. The summed E-state index contributed by atoms with van der Waals surface area (Å²) in [5.41, 5.74) is 8.19. The number of benzene rings is 3. The van der Waals surface area contributed by atoms with E-state index in [4.69, 9.17) is 38.6 Å². The van der Waals surface area contributed by atoms with Gasteiger partial charge in [0.15, 0.2) is 5.76 Å². The van der Waals surface area contributed by atoms with Crippen molar-refractivity contribution in [2.24, 2.45) is 0 Å². The molecular weight excluding hydrogens is 414 g/mol. The van der Waals surface area contributed by atoms with Crippen LogP contribution in [0.25, 0.3) is 22.1 Å². The fourth-order valence-electron chi connectivity index (χ4n) is 3.05. The molecule has 4 aromatic rings. The number of fused-ring (bicyclic) bond motifs is 1. The first-order valence-corrected chi connectivity index (χ1v) is 9.16. The van der Waals surface area contributed by atoms with Crippen molar-refractivity contribution in [3.8, 4) is 17.2 Å². The zero-order valence-corrected chi connectivity index (χ0v) is 16.2. The second kappa shape index (κ2) is 7.25. The van der Waals surface area contributed by atoms with Crippen LogP contribution in [0, 0.1) is 17.1 Å². The number of rotatable bonds is 3. The van der Waals surface area contributed by atoms with Crippen LogP contribution in [0.2, 0.25) is 10.0 Å². The number of anilines is 1. The standard InChI is InChI=1S/C22H11Cl2FN2O2/c23-14-3-5-15(17(24)9-14)21(28)22-20(27)16-4-1-12(8-19(16)29-22)11-2-6-18(25)13(7-11)10-26/h1-9H,27H2. The largest absolute Gasteiger partial charge is 0.450 e. The first kappa shape index (κ1) is 19.0. The molecule has 142 valence electrons. The fraction of sp³-hybridized carbons (Fsp3) is 0. The molecule has 0 aliphatic rings. The second-order valence-corrected chi connectivity index (χ2v) is 7.16. The maximum absolute atomic E-state index is 13.6. The Bertz CT molecular complexity index is 1340. The van der Waals surface area contributed by atoms with Gasteiger partial charge in [0.1, 0.15) is 17.5 Å². The van der Waals surface area contributed by atoms with E-state index in [2.05, 4.69) is 0 Å². The van der Waals surface area contributed by atoms with Gasteiger partial charge >= 0.3 is 0 Å². The Kier molecular flexibility index (Phi) is 4.75. The van der Waals surface area contributed by atoms with Crippen LogP contribution < -0.4 is 5.73 Å². The predicted molar refractivity (Wildman–Crippen MR) is 111 cm³/mol. The SMILES string of the molecule is N#Cc1cc(-c2ccc3c(N)c(C(=O)c4ccc(Cl)cc4Cl)oc3c2)ccc1F. The number of furan rings is 1. The van der Waals surface area contributed by atoms with Gasteiger partial charge in [-0.3, -0.25) is 4.79 Å². The molecule has 0 saturated heterocycles. The molecule has 1 heterocycles. The molecule has 0 amide bonds. The van der Waals surface area contributed by atoms with E-state index in [0.717, 1.165) is 0 Å². The Labute approximate surface area is 174 Å². The molecule has 7 heteroatoms. The lowest BCUT2D eigenvalue weighted by Gasteiger charge is -2.03. The summed E-state index contributed by atoms with van der Waals surface area (Å²) in [6, 6.07) is 15.7. The molecule has 0 atom stereocenters. The van der Waals surface area contributed by atoms with E-state index in [-0.39, 0.29) is 27.6 Å². The van der Waals surface area contributed by atoms with Crippen LogP contribution in [0.15, 0.2) is 59.0 Å². The number of nitrogens with two attached hydrogens (primary N) is 1. The van der Waals surface area contributed by atoms with Crippen molar-refractivity contribution in [2.45, 2.75) is 0 Å². The maximum atomic E-state index is 13.6. The lowest BCUT2D eigenvalue weighted by molar-refractivity contribution is 0.101. The van der Waals surface area contributed by atoms with Crippen LogP contribution in [0.1, 0.15) is 21.7 Å². The van der Waals surface area contributed by atoms with Gasteiger partial charge in [0, 0.05) is 16.0 Å². The first-order chi connectivity index (χ1) is 13.9. The minimum Gasteiger partial charge on any atom is -0.450 e. The van der Waals surface area contributed by atoms with Crippen LogP contribution >= 0.6 is 23.2 Å². The molecule has 4 rings (SSSR count). The normalized spacial score (nSPS) is 10.8. The summed E-state index contributed by atoms with van der Waals surface area (Å²) in [5, 5.41) is 10.2. The number of hydrogen-bond acceptors (Lipinski definition) is 4. The van der Waals surface area contributed by atoms with Crippen molar-refractivity contribution < 1.29 is 13.6 Å². The fourth-order valence-corrected chi connectivity index (χ4v) is 3.55. The topological polar surface area (TPSA) is 80.0 Å². The van der Waals surface area contributed by atoms with E-state index < -0.39 is 11.6 Å². The van der Waals surface area contributed by atoms with Gasteiger partial charge in [0.25, 0.3) is 0 Å². The number of nitriles is 1. The van der Waals surface area contributed by atoms with E-state index in [9.17, 15) is 9.18 Å². The third-order valence-electron chi connectivity index (χ3n) is 4.53. The van der Waals surface area contributed by atoms with Gasteiger partial charge in [-0.1, -0.05) is 35.3 Å². The minimum atomic E-state index is -0.590. The molecule has 0 unspecified atom stereocenters. The predicted octanol–water partition coefficient (Wildman–Crippen LogP) is 6.23. The number of nitrogen functional groups attached to an aromatic ring is 1. The maximum Gasteiger partial charge on any atom is 0.231 e. The molecule has 2 N–H and O–H groups in total. The van der Waals surface area contributed by atoms with Crippen molar-refractivity contribution in [1.29, 1.82) is 5.26 Å². The summed E-state index contributed by atoms with van der Waals surface area (Å²) >= 11 is 12.0. The molecule has 0 fully saturated rings. The smallest absolute Gasteiger partial charge is 0.231 e. The van der Waals surface area contributed by atoms with Crippen molar-refractivity contribution in [3.63, 3.8) is 0 Å². The van der Waals surface area contributed by atoms with Crippen LogP contribution in [0.4, 0.5) is 10.1 Å². The Morgan fingerprint density at radius 3 is 2.48 bits per heavy atom. The Morgan fingerprint density at radius 1 is 1.03 bits per heavy atom. The van der Waals surface area contributed by atoms with Crippen molar-refractivity contribution >= 4 is 45.6 Å². The molecule has 0 bridgehead atoms. The highest BCUT2D eigenvalue weighted by molar-refractivity contribution is 6.37. The molecule has 0 spiro atoms. The number of nitrogens with zero attached hydrogens (tertiary/aromatic N) is 1.